The molecule has 2 aliphatic rings. The molecule has 2 fully saturated rings. The van der Waals surface area contributed by atoms with Crippen LogP contribution in [0.15, 0.2) is 0 Å². The Hall–Kier alpha value is -0.550. The number of piperidine rings is 1. The van der Waals surface area contributed by atoms with Crippen LogP contribution in [-0.2, 0) is 0 Å². The van der Waals surface area contributed by atoms with Gasteiger partial charge in [0.25, 0.3) is 0 Å². The minimum absolute atomic E-state index is 0.0185. The SMILES string of the molecule is CCCCC1CCN(C2CCC(C#N)(CCC)CC2)CC1. The fourth-order valence-corrected chi connectivity index (χ4v) is 4.52. The molecule has 0 N–H and O–H groups in total. The smallest absolute Gasteiger partial charge is 0.0689 e. The molecule has 0 atom stereocenters. The van der Waals surface area contributed by atoms with Gasteiger partial charge in [0.1, 0.15) is 0 Å². The highest BCUT2D eigenvalue weighted by atomic mass is 15.2. The van der Waals surface area contributed by atoms with Gasteiger partial charge in [-0.25, -0.2) is 0 Å². The third kappa shape index (κ3) is 4.46. The summed E-state index contributed by atoms with van der Waals surface area (Å²) < 4.78 is 0. The molecule has 1 saturated heterocycles. The quantitative estimate of drug-likeness (QED) is 0.677. The van der Waals surface area contributed by atoms with Crippen molar-refractivity contribution in [1.29, 1.82) is 5.26 Å². The van der Waals surface area contributed by atoms with Crippen molar-refractivity contribution in [2.24, 2.45) is 11.3 Å². The first-order valence-electron chi connectivity index (χ1n) is 9.38. The second kappa shape index (κ2) is 8.18. The van der Waals surface area contributed by atoms with E-state index in [9.17, 15) is 5.26 Å². The second-order valence-electron chi connectivity index (χ2n) is 7.49. The molecule has 1 aliphatic heterocycles. The second-order valence-corrected chi connectivity index (χ2v) is 7.49. The molecule has 0 aromatic carbocycles. The van der Waals surface area contributed by atoms with E-state index >= 15 is 0 Å². The predicted octanol–water partition coefficient (Wildman–Crippen LogP) is 5.14. The third-order valence-electron chi connectivity index (χ3n) is 6.01. The Labute approximate surface area is 131 Å². The summed E-state index contributed by atoms with van der Waals surface area (Å²) in [4.78, 5) is 2.75. The van der Waals surface area contributed by atoms with Crippen molar-refractivity contribution in [3.05, 3.63) is 0 Å². The third-order valence-corrected chi connectivity index (χ3v) is 6.01. The van der Waals surface area contributed by atoms with Crippen molar-refractivity contribution in [2.45, 2.75) is 90.5 Å². The van der Waals surface area contributed by atoms with Crippen LogP contribution in [0.3, 0.4) is 0 Å². The normalized spacial score (nSPS) is 32.0. The summed E-state index contributed by atoms with van der Waals surface area (Å²) in [5.74, 6) is 0.989. The minimum Gasteiger partial charge on any atom is -0.300 e. The predicted molar refractivity (Wildman–Crippen MR) is 89.0 cm³/mol. The molecular weight excluding hydrogens is 256 g/mol. The summed E-state index contributed by atoms with van der Waals surface area (Å²) in [6.45, 7) is 7.14. The average molecular weight is 290 g/mol. The molecule has 0 spiro atoms. The molecule has 120 valence electrons. The summed E-state index contributed by atoms with van der Waals surface area (Å²) in [5.41, 5.74) is 0.0185. The number of rotatable bonds is 6. The van der Waals surface area contributed by atoms with E-state index in [-0.39, 0.29) is 5.41 Å². The lowest BCUT2D eigenvalue weighted by Gasteiger charge is -2.43. The van der Waals surface area contributed by atoms with Gasteiger partial charge < -0.3 is 4.90 Å². The molecule has 2 heteroatoms. The summed E-state index contributed by atoms with van der Waals surface area (Å²) in [7, 11) is 0. The standard InChI is InChI=1S/C19H34N2/c1-3-5-6-17-9-14-21(15-10-17)18-7-12-19(16-20,11-4-2)13-8-18/h17-18H,3-15H2,1-2H3. The molecule has 2 rings (SSSR count). The van der Waals surface area contributed by atoms with Crippen LogP contribution in [0, 0.1) is 22.7 Å². The van der Waals surface area contributed by atoms with Crippen LogP contribution < -0.4 is 0 Å². The molecule has 1 heterocycles. The zero-order chi connectivity index (χ0) is 15.1. The Kier molecular flexibility index (Phi) is 6.55. The maximum atomic E-state index is 9.52. The van der Waals surface area contributed by atoms with Crippen molar-refractivity contribution >= 4 is 0 Å². The fourth-order valence-electron chi connectivity index (χ4n) is 4.52. The largest absolute Gasteiger partial charge is 0.300 e. The Morgan fingerprint density at radius 1 is 1.05 bits per heavy atom. The van der Waals surface area contributed by atoms with E-state index in [1.54, 1.807) is 0 Å². The monoisotopic (exact) mass is 290 g/mol. The van der Waals surface area contributed by atoms with Gasteiger partial charge in [-0.2, -0.15) is 5.26 Å². The molecule has 21 heavy (non-hydrogen) atoms. The maximum Gasteiger partial charge on any atom is 0.0689 e. The summed E-state index contributed by atoms with van der Waals surface area (Å²) >= 11 is 0. The highest BCUT2D eigenvalue weighted by Crippen LogP contribution is 2.41. The molecule has 0 aromatic heterocycles. The summed E-state index contributed by atoms with van der Waals surface area (Å²) in [6.07, 6.45) is 14.1. The summed E-state index contributed by atoms with van der Waals surface area (Å²) in [5, 5.41) is 9.52. The molecule has 1 aliphatic carbocycles. The van der Waals surface area contributed by atoms with Crippen molar-refractivity contribution in [3.8, 4) is 6.07 Å². The van der Waals surface area contributed by atoms with Gasteiger partial charge in [0.2, 0.25) is 0 Å². The van der Waals surface area contributed by atoms with Gasteiger partial charge in [0.15, 0.2) is 0 Å². The van der Waals surface area contributed by atoms with Crippen molar-refractivity contribution in [2.75, 3.05) is 13.1 Å². The van der Waals surface area contributed by atoms with Gasteiger partial charge in [-0.15, -0.1) is 0 Å². The van der Waals surface area contributed by atoms with Crippen molar-refractivity contribution in [3.63, 3.8) is 0 Å². The van der Waals surface area contributed by atoms with Crippen LogP contribution in [0.2, 0.25) is 0 Å². The number of hydrogen-bond acceptors (Lipinski definition) is 2. The highest BCUT2D eigenvalue weighted by Gasteiger charge is 2.37. The first-order chi connectivity index (χ1) is 10.2. The van der Waals surface area contributed by atoms with Gasteiger partial charge in [0, 0.05) is 6.04 Å². The van der Waals surface area contributed by atoms with Crippen LogP contribution in [0.25, 0.3) is 0 Å². The molecule has 0 amide bonds. The lowest BCUT2D eigenvalue weighted by molar-refractivity contribution is 0.0761. The van der Waals surface area contributed by atoms with Gasteiger partial charge in [-0.1, -0.05) is 39.5 Å². The highest BCUT2D eigenvalue weighted by molar-refractivity contribution is 5.02. The number of unbranched alkanes of at least 4 members (excludes halogenated alkanes) is 1. The number of hydrogen-bond donors (Lipinski definition) is 0. The van der Waals surface area contributed by atoms with E-state index in [2.05, 4.69) is 24.8 Å². The molecule has 0 bridgehead atoms. The van der Waals surface area contributed by atoms with Crippen LogP contribution >= 0.6 is 0 Å². The lowest BCUT2D eigenvalue weighted by Crippen LogP contribution is -2.44. The van der Waals surface area contributed by atoms with Crippen molar-refractivity contribution < 1.29 is 0 Å². The Bertz CT molecular complexity index is 328. The number of nitrogens with zero attached hydrogens (tertiary/aromatic N) is 2. The zero-order valence-corrected chi connectivity index (χ0v) is 14.2. The molecule has 2 nitrogen and oxygen atoms in total. The first kappa shape index (κ1) is 16.8. The number of nitriles is 1. The first-order valence-corrected chi connectivity index (χ1v) is 9.38. The van der Waals surface area contributed by atoms with Crippen LogP contribution in [0.4, 0.5) is 0 Å². The van der Waals surface area contributed by atoms with Crippen molar-refractivity contribution in [1.82, 2.24) is 4.90 Å². The van der Waals surface area contributed by atoms with Crippen LogP contribution in [0.1, 0.15) is 84.5 Å². The van der Waals surface area contributed by atoms with E-state index in [1.165, 1.54) is 58.0 Å². The Balaban J connectivity index is 1.75. The van der Waals surface area contributed by atoms with Gasteiger partial charge >= 0.3 is 0 Å². The minimum atomic E-state index is 0.0185. The zero-order valence-electron chi connectivity index (χ0n) is 14.2. The maximum absolute atomic E-state index is 9.52. The fraction of sp³-hybridized carbons (Fsp3) is 0.947. The average Bonchev–Trinajstić information content (AvgIpc) is 2.54. The summed E-state index contributed by atoms with van der Waals surface area (Å²) in [6, 6.07) is 3.43. The molecule has 0 unspecified atom stereocenters. The molecule has 1 saturated carbocycles. The molecule has 0 radical (unpaired) electrons. The Morgan fingerprint density at radius 2 is 1.71 bits per heavy atom. The number of likely N-dealkylation sites (tertiary alicyclic amines) is 1. The van der Waals surface area contributed by atoms with E-state index in [0.29, 0.717) is 0 Å². The van der Waals surface area contributed by atoms with E-state index in [1.807, 2.05) is 0 Å². The van der Waals surface area contributed by atoms with Gasteiger partial charge in [-0.3, -0.25) is 0 Å². The van der Waals surface area contributed by atoms with E-state index in [0.717, 1.165) is 37.6 Å². The van der Waals surface area contributed by atoms with Crippen LogP contribution in [0.5, 0.6) is 0 Å². The topological polar surface area (TPSA) is 27.0 Å². The van der Waals surface area contributed by atoms with E-state index in [4.69, 9.17) is 0 Å². The van der Waals surface area contributed by atoms with E-state index < -0.39 is 0 Å². The molecule has 0 aromatic rings. The van der Waals surface area contributed by atoms with Crippen LogP contribution in [-0.4, -0.2) is 24.0 Å². The lowest BCUT2D eigenvalue weighted by atomic mass is 9.70. The van der Waals surface area contributed by atoms with Gasteiger partial charge in [-0.05, 0) is 64.0 Å². The van der Waals surface area contributed by atoms with Gasteiger partial charge in [0.05, 0.1) is 11.5 Å². The molecular formula is C19H34N2. The Morgan fingerprint density at radius 3 is 2.24 bits per heavy atom.